The van der Waals surface area contributed by atoms with Gasteiger partial charge in [0.2, 0.25) is 17.7 Å². The van der Waals surface area contributed by atoms with Crippen LogP contribution in [0.3, 0.4) is 0 Å². The van der Waals surface area contributed by atoms with Gasteiger partial charge in [0.25, 0.3) is 0 Å². The van der Waals surface area contributed by atoms with Crippen LogP contribution in [-0.4, -0.2) is 75.8 Å². The second-order valence-corrected chi connectivity index (χ2v) is 12.4. The third-order valence-corrected chi connectivity index (χ3v) is 9.86. The van der Waals surface area contributed by atoms with Crippen molar-refractivity contribution >= 4 is 46.6 Å². The number of carbonyl (C=O) groups is 3. The van der Waals surface area contributed by atoms with Crippen molar-refractivity contribution in [3.63, 3.8) is 0 Å². The van der Waals surface area contributed by atoms with E-state index in [4.69, 9.17) is 5.10 Å². The molecule has 1 fully saturated rings. The van der Waals surface area contributed by atoms with Crippen LogP contribution in [-0.2, 0) is 14.4 Å². The molecule has 6 rings (SSSR count). The number of thioether (sulfide) groups is 1. The Balaban J connectivity index is 1.50. The Morgan fingerprint density at radius 1 is 0.976 bits per heavy atom. The molecule has 0 saturated carbocycles. The minimum absolute atomic E-state index is 0.0125. The number of rotatable bonds is 5. The van der Waals surface area contributed by atoms with Gasteiger partial charge in [-0.3, -0.25) is 19.3 Å². The minimum Gasteiger partial charge on any atom is -0.339 e. The van der Waals surface area contributed by atoms with Gasteiger partial charge in [0.05, 0.1) is 21.6 Å². The number of aryl methyl sites for hydroxylation is 1. The molecule has 4 heterocycles. The standard InChI is InChI=1S/C31H30FN5O3S2/c1-20-6-3-4-7-24(20)37-31-28(29(33-37)25-8-5-17-41-25)30(22-9-11-23(32)12-10-22)42-19-27(40)36(31)18-26(39)35-15-13-34(14-16-35)21(2)38/h3-12,17,30H,13-16,18-19H2,1-2H3. The number of piperazine rings is 1. The summed E-state index contributed by atoms with van der Waals surface area (Å²) in [5.74, 6) is -0.0409. The number of anilines is 1. The fourth-order valence-corrected chi connectivity index (χ4v) is 7.41. The predicted octanol–water partition coefficient (Wildman–Crippen LogP) is 4.91. The van der Waals surface area contributed by atoms with Gasteiger partial charge in [-0.25, -0.2) is 9.07 Å². The summed E-state index contributed by atoms with van der Waals surface area (Å²) in [6.07, 6.45) is 0. The van der Waals surface area contributed by atoms with Crippen molar-refractivity contribution in [2.24, 2.45) is 0 Å². The molecule has 0 N–H and O–H groups in total. The van der Waals surface area contributed by atoms with E-state index >= 15 is 0 Å². The highest BCUT2D eigenvalue weighted by atomic mass is 32.2. The minimum atomic E-state index is -0.333. The van der Waals surface area contributed by atoms with Crippen molar-refractivity contribution < 1.29 is 18.8 Å². The molecule has 0 aliphatic carbocycles. The Morgan fingerprint density at radius 3 is 2.36 bits per heavy atom. The summed E-state index contributed by atoms with van der Waals surface area (Å²) in [5, 5.41) is 6.77. The quantitative estimate of drug-likeness (QED) is 0.324. The average molecular weight is 604 g/mol. The first-order valence-corrected chi connectivity index (χ1v) is 15.7. The number of para-hydroxylation sites is 1. The van der Waals surface area contributed by atoms with E-state index in [2.05, 4.69) is 0 Å². The van der Waals surface area contributed by atoms with Crippen molar-refractivity contribution in [2.75, 3.05) is 43.4 Å². The van der Waals surface area contributed by atoms with Crippen molar-refractivity contribution in [3.8, 4) is 16.3 Å². The Hall–Kier alpha value is -3.96. The molecule has 8 nitrogen and oxygen atoms in total. The summed E-state index contributed by atoms with van der Waals surface area (Å²) >= 11 is 3.01. The second-order valence-electron chi connectivity index (χ2n) is 10.4. The molecule has 1 atom stereocenters. The molecule has 42 heavy (non-hydrogen) atoms. The van der Waals surface area contributed by atoms with Gasteiger partial charge in [0.1, 0.15) is 23.9 Å². The SMILES string of the molecule is CC(=O)N1CCN(C(=O)CN2C(=O)CSC(c3ccc(F)cc3)c3c(-c4cccs4)nn(-c4ccccc4C)c32)CC1. The maximum absolute atomic E-state index is 14.0. The van der Waals surface area contributed by atoms with Crippen LogP contribution in [0.1, 0.15) is 28.9 Å². The lowest BCUT2D eigenvalue weighted by Gasteiger charge is -2.35. The maximum atomic E-state index is 14.0. The summed E-state index contributed by atoms with van der Waals surface area (Å²) in [7, 11) is 0. The van der Waals surface area contributed by atoms with Gasteiger partial charge < -0.3 is 9.80 Å². The zero-order valence-electron chi connectivity index (χ0n) is 23.3. The van der Waals surface area contributed by atoms with Gasteiger partial charge >= 0.3 is 0 Å². The van der Waals surface area contributed by atoms with Gasteiger partial charge in [-0.1, -0.05) is 36.4 Å². The number of aromatic nitrogens is 2. The molecule has 2 aliphatic heterocycles. The number of carbonyl (C=O) groups excluding carboxylic acids is 3. The van der Waals surface area contributed by atoms with E-state index in [0.717, 1.165) is 32.9 Å². The molecule has 216 valence electrons. The van der Waals surface area contributed by atoms with Crippen LogP contribution in [0.2, 0.25) is 0 Å². The van der Waals surface area contributed by atoms with Crippen molar-refractivity contribution in [3.05, 3.63) is 88.6 Å². The Bertz CT molecular complexity index is 1630. The highest BCUT2D eigenvalue weighted by molar-refractivity contribution is 8.00. The smallest absolute Gasteiger partial charge is 0.242 e. The molecule has 2 aliphatic rings. The van der Waals surface area contributed by atoms with E-state index in [1.54, 1.807) is 42.9 Å². The lowest BCUT2D eigenvalue weighted by atomic mass is 10.0. The molecule has 0 radical (unpaired) electrons. The fraction of sp³-hybridized carbons (Fsp3) is 0.290. The zero-order valence-corrected chi connectivity index (χ0v) is 25.0. The van der Waals surface area contributed by atoms with E-state index < -0.39 is 0 Å². The van der Waals surface area contributed by atoms with Gasteiger partial charge in [0.15, 0.2) is 0 Å². The van der Waals surface area contributed by atoms with Crippen LogP contribution in [0.4, 0.5) is 10.2 Å². The highest BCUT2D eigenvalue weighted by Crippen LogP contribution is 2.49. The molecule has 1 saturated heterocycles. The topological polar surface area (TPSA) is 78.8 Å². The normalized spacial score (nSPS) is 17.3. The zero-order chi connectivity index (χ0) is 29.4. The second kappa shape index (κ2) is 11.7. The van der Waals surface area contributed by atoms with Crippen molar-refractivity contribution in [2.45, 2.75) is 19.1 Å². The van der Waals surface area contributed by atoms with Crippen LogP contribution in [0.5, 0.6) is 0 Å². The monoisotopic (exact) mass is 603 g/mol. The number of hydrogen-bond acceptors (Lipinski definition) is 6. The predicted molar refractivity (Wildman–Crippen MR) is 164 cm³/mol. The number of nitrogens with zero attached hydrogens (tertiary/aromatic N) is 5. The molecule has 1 unspecified atom stereocenters. The van der Waals surface area contributed by atoms with Gasteiger partial charge in [0, 0.05) is 38.7 Å². The molecule has 3 amide bonds. The molecule has 2 aromatic heterocycles. The first-order valence-electron chi connectivity index (χ1n) is 13.8. The molecule has 0 spiro atoms. The summed E-state index contributed by atoms with van der Waals surface area (Å²) < 4.78 is 15.8. The molecule has 0 bridgehead atoms. The number of hydrogen-bond donors (Lipinski definition) is 0. The third-order valence-electron chi connectivity index (χ3n) is 7.73. The van der Waals surface area contributed by atoms with E-state index in [-0.39, 0.29) is 41.1 Å². The number of fused-ring (bicyclic) bond motifs is 1. The lowest BCUT2D eigenvalue weighted by molar-refractivity contribution is -0.137. The van der Waals surface area contributed by atoms with Crippen LogP contribution < -0.4 is 4.90 Å². The molecule has 4 aromatic rings. The first kappa shape index (κ1) is 28.2. The van der Waals surface area contributed by atoms with Gasteiger partial charge in [-0.05, 0) is 47.7 Å². The Labute approximate surface area is 251 Å². The number of halogens is 1. The van der Waals surface area contributed by atoms with E-state index in [1.165, 1.54) is 30.8 Å². The van der Waals surface area contributed by atoms with E-state index in [1.807, 2.05) is 48.7 Å². The van der Waals surface area contributed by atoms with Gasteiger partial charge in [-0.2, -0.15) is 5.10 Å². The van der Waals surface area contributed by atoms with E-state index in [0.29, 0.717) is 32.0 Å². The largest absolute Gasteiger partial charge is 0.339 e. The van der Waals surface area contributed by atoms with Crippen molar-refractivity contribution in [1.29, 1.82) is 0 Å². The van der Waals surface area contributed by atoms with Crippen molar-refractivity contribution in [1.82, 2.24) is 19.6 Å². The van der Waals surface area contributed by atoms with Crippen LogP contribution in [0.25, 0.3) is 16.3 Å². The molecular weight excluding hydrogens is 574 g/mol. The molecular formula is C31H30FN5O3S2. The van der Waals surface area contributed by atoms with Crippen LogP contribution in [0.15, 0.2) is 66.0 Å². The third kappa shape index (κ3) is 5.34. The Morgan fingerprint density at radius 2 is 1.69 bits per heavy atom. The van der Waals surface area contributed by atoms with E-state index in [9.17, 15) is 18.8 Å². The van der Waals surface area contributed by atoms with Crippen LogP contribution >= 0.6 is 23.1 Å². The lowest BCUT2D eigenvalue weighted by Crippen LogP contribution is -2.53. The summed E-state index contributed by atoms with van der Waals surface area (Å²) in [6, 6.07) is 18.1. The number of benzene rings is 2. The van der Waals surface area contributed by atoms with Crippen LogP contribution in [0, 0.1) is 12.7 Å². The highest BCUT2D eigenvalue weighted by Gasteiger charge is 2.39. The molecule has 11 heteroatoms. The fourth-order valence-electron chi connectivity index (χ4n) is 5.49. The summed E-state index contributed by atoms with van der Waals surface area (Å²) in [6.45, 7) is 5.13. The number of amides is 3. The Kier molecular flexibility index (Phi) is 7.87. The number of thiophene rings is 1. The first-order chi connectivity index (χ1) is 20.3. The summed E-state index contributed by atoms with van der Waals surface area (Å²) in [5.41, 5.74) is 4.17. The summed E-state index contributed by atoms with van der Waals surface area (Å²) in [4.78, 5) is 45.4. The molecule has 2 aromatic carbocycles. The maximum Gasteiger partial charge on any atom is 0.242 e. The average Bonchev–Trinajstić information content (AvgIpc) is 3.63. The van der Waals surface area contributed by atoms with Gasteiger partial charge in [-0.15, -0.1) is 23.1 Å².